The molecule has 0 radical (unpaired) electrons. The molecule has 2 N–H and O–H groups in total. The Balaban J connectivity index is 1.46. The zero-order valence-corrected chi connectivity index (χ0v) is 20.1. The number of ether oxygens (including phenoxy) is 3. The molecule has 0 aliphatic rings. The highest BCUT2D eigenvalue weighted by atomic mass is 19.1. The maximum absolute atomic E-state index is 13.1. The van der Waals surface area contributed by atoms with Crippen LogP contribution in [-0.2, 0) is 14.3 Å². The summed E-state index contributed by atoms with van der Waals surface area (Å²) in [5.41, 5.74) is 1.51. The molecule has 0 heterocycles. The van der Waals surface area contributed by atoms with Crippen molar-refractivity contribution in [1.29, 1.82) is 0 Å². The van der Waals surface area contributed by atoms with Gasteiger partial charge in [-0.25, -0.2) is 9.18 Å². The van der Waals surface area contributed by atoms with Crippen LogP contribution in [0.3, 0.4) is 0 Å². The number of benzene rings is 3. The number of anilines is 1. The smallest absolute Gasteiger partial charge is 0.338 e. The highest BCUT2D eigenvalue weighted by Crippen LogP contribution is 2.18. The van der Waals surface area contributed by atoms with Crippen molar-refractivity contribution in [3.05, 3.63) is 89.7 Å². The molecule has 2 atom stereocenters. The van der Waals surface area contributed by atoms with E-state index in [4.69, 9.17) is 14.2 Å². The van der Waals surface area contributed by atoms with Gasteiger partial charge in [0.15, 0.2) is 12.7 Å². The Bertz CT molecular complexity index is 1200. The maximum atomic E-state index is 13.1. The van der Waals surface area contributed by atoms with Gasteiger partial charge in [0.25, 0.3) is 11.8 Å². The molecule has 2 amide bonds. The van der Waals surface area contributed by atoms with Crippen molar-refractivity contribution in [2.45, 2.75) is 26.0 Å². The summed E-state index contributed by atoms with van der Waals surface area (Å²) < 4.78 is 28.9. The van der Waals surface area contributed by atoms with Gasteiger partial charge in [0.2, 0.25) is 0 Å². The minimum absolute atomic E-state index is 0.217. The fourth-order valence-corrected chi connectivity index (χ4v) is 3.18. The highest BCUT2D eigenvalue weighted by molar-refractivity contribution is 5.93. The van der Waals surface area contributed by atoms with E-state index >= 15 is 0 Å². The number of methoxy groups -OCH3 is 1. The molecule has 0 aliphatic heterocycles. The van der Waals surface area contributed by atoms with Crippen molar-refractivity contribution < 1.29 is 33.0 Å². The van der Waals surface area contributed by atoms with E-state index in [1.807, 2.05) is 0 Å². The first-order valence-electron chi connectivity index (χ1n) is 11.2. The number of carbonyl (C=O) groups excluding carboxylic acids is 3. The molecule has 188 valence electrons. The van der Waals surface area contributed by atoms with E-state index < -0.39 is 24.0 Å². The van der Waals surface area contributed by atoms with E-state index in [0.29, 0.717) is 17.2 Å². The normalized spacial score (nSPS) is 12.1. The number of halogens is 1. The molecule has 2 unspecified atom stereocenters. The van der Waals surface area contributed by atoms with Gasteiger partial charge in [-0.15, -0.1) is 0 Å². The molecule has 0 aliphatic carbocycles. The molecule has 3 rings (SSSR count). The number of hydrogen-bond acceptors (Lipinski definition) is 6. The summed E-state index contributed by atoms with van der Waals surface area (Å²) in [6.07, 6.45) is -1.04. The molecule has 0 aromatic heterocycles. The number of esters is 1. The lowest BCUT2D eigenvalue weighted by Crippen LogP contribution is -2.37. The zero-order chi connectivity index (χ0) is 26.1. The minimum Gasteiger partial charge on any atom is -0.497 e. The SMILES string of the molecule is COc1cccc(NC(=O)COc2ccc(C(=O)OC(C)C(=O)NC(C)c3ccc(F)cc3)cc2)c1. The Morgan fingerprint density at radius 1 is 0.917 bits per heavy atom. The number of nitrogens with one attached hydrogen (secondary N) is 2. The largest absolute Gasteiger partial charge is 0.497 e. The minimum atomic E-state index is -1.04. The van der Waals surface area contributed by atoms with Crippen LogP contribution < -0.4 is 20.1 Å². The fourth-order valence-electron chi connectivity index (χ4n) is 3.18. The van der Waals surface area contributed by atoms with Gasteiger partial charge in [-0.05, 0) is 67.9 Å². The quantitative estimate of drug-likeness (QED) is 0.408. The van der Waals surface area contributed by atoms with Crippen LogP contribution in [0.25, 0.3) is 0 Å². The summed E-state index contributed by atoms with van der Waals surface area (Å²) in [4.78, 5) is 37.0. The van der Waals surface area contributed by atoms with Gasteiger partial charge in [-0.2, -0.15) is 0 Å². The van der Waals surface area contributed by atoms with Crippen LogP contribution in [0.4, 0.5) is 10.1 Å². The predicted octanol–water partition coefficient (Wildman–Crippen LogP) is 4.27. The maximum Gasteiger partial charge on any atom is 0.338 e. The van der Waals surface area contributed by atoms with Gasteiger partial charge < -0.3 is 24.8 Å². The molecule has 9 heteroatoms. The topological polar surface area (TPSA) is 103 Å². The first kappa shape index (κ1) is 26.2. The monoisotopic (exact) mass is 494 g/mol. The van der Waals surface area contributed by atoms with E-state index in [1.54, 1.807) is 43.3 Å². The van der Waals surface area contributed by atoms with Crippen LogP contribution in [0.5, 0.6) is 11.5 Å². The molecule has 0 saturated carbocycles. The fraction of sp³-hybridized carbons (Fsp3) is 0.222. The second-order valence-corrected chi connectivity index (χ2v) is 7.92. The summed E-state index contributed by atoms with van der Waals surface area (Å²) >= 11 is 0. The van der Waals surface area contributed by atoms with Crippen LogP contribution in [0.1, 0.15) is 35.8 Å². The van der Waals surface area contributed by atoms with E-state index in [1.165, 1.54) is 50.4 Å². The van der Waals surface area contributed by atoms with E-state index in [-0.39, 0.29) is 23.9 Å². The van der Waals surface area contributed by atoms with E-state index in [2.05, 4.69) is 10.6 Å². The summed E-state index contributed by atoms with van der Waals surface area (Å²) in [6, 6.07) is 18.3. The summed E-state index contributed by atoms with van der Waals surface area (Å²) in [6.45, 7) is 2.98. The van der Waals surface area contributed by atoms with Crippen molar-refractivity contribution in [2.75, 3.05) is 19.0 Å². The second-order valence-electron chi connectivity index (χ2n) is 7.92. The van der Waals surface area contributed by atoms with E-state index in [9.17, 15) is 18.8 Å². The molecule has 8 nitrogen and oxygen atoms in total. The molecule has 0 fully saturated rings. The average molecular weight is 495 g/mol. The highest BCUT2D eigenvalue weighted by Gasteiger charge is 2.21. The molecular weight excluding hydrogens is 467 g/mol. The van der Waals surface area contributed by atoms with Crippen molar-refractivity contribution in [3.63, 3.8) is 0 Å². The lowest BCUT2D eigenvalue weighted by Gasteiger charge is -2.18. The molecule has 3 aromatic rings. The summed E-state index contributed by atoms with van der Waals surface area (Å²) in [7, 11) is 1.54. The van der Waals surface area contributed by atoms with Gasteiger partial charge in [0.05, 0.1) is 18.7 Å². The number of carbonyl (C=O) groups is 3. The zero-order valence-electron chi connectivity index (χ0n) is 20.1. The first-order valence-corrected chi connectivity index (χ1v) is 11.2. The predicted molar refractivity (Wildman–Crippen MR) is 131 cm³/mol. The van der Waals surface area contributed by atoms with Crippen molar-refractivity contribution in [2.24, 2.45) is 0 Å². The number of amides is 2. The first-order chi connectivity index (χ1) is 17.2. The Morgan fingerprint density at radius 2 is 1.61 bits per heavy atom. The molecule has 0 saturated heterocycles. The van der Waals surface area contributed by atoms with Crippen molar-refractivity contribution >= 4 is 23.5 Å². The van der Waals surface area contributed by atoms with E-state index in [0.717, 1.165) is 5.56 Å². The van der Waals surface area contributed by atoms with Crippen LogP contribution >= 0.6 is 0 Å². The Labute approximate surface area is 208 Å². The Morgan fingerprint density at radius 3 is 2.28 bits per heavy atom. The van der Waals surface area contributed by atoms with Gasteiger partial charge in [0.1, 0.15) is 17.3 Å². The lowest BCUT2D eigenvalue weighted by molar-refractivity contribution is -0.129. The van der Waals surface area contributed by atoms with Crippen molar-refractivity contribution in [1.82, 2.24) is 5.32 Å². The molecular formula is C27H27FN2O6. The van der Waals surface area contributed by atoms with Gasteiger partial charge >= 0.3 is 5.97 Å². The van der Waals surface area contributed by atoms with Crippen LogP contribution in [-0.4, -0.2) is 37.6 Å². The number of rotatable bonds is 10. The summed E-state index contributed by atoms with van der Waals surface area (Å²) in [5.74, 6) is -0.901. The Hall–Kier alpha value is -4.40. The molecule has 0 spiro atoms. The second kappa shape index (κ2) is 12.3. The van der Waals surface area contributed by atoms with Crippen LogP contribution in [0.15, 0.2) is 72.8 Å². The molecule has 3 aromatic carbocycles. The summed E-state index contributed by atoms with van der Waals surface area (Å²) in [5, 5.41) is 5.43. The standard InChI is InChI=1S/C27H27FN2O6/c1-17(19-7-11-21(28)12-8-19)29-26(32)18(2)36-27(33)20-9-13-23(14-10-20)35-16-25(31)30-22-5-4-6-24(15-22)34-3/h4-15,17-18H,16H2,1-3H3,(H,29,32)(H,30,31). The van der Waals surface area contributed by atoms with Gasteiger partial charge in [-0.1, -0.05) is 18.2 Å². The molecule has 0 bridgehead atoms. The lowest BCUT2D eigenvalue weighted by atomic mass is 10.1. The van der Waals surface area contributed by atoms with Crippen molar-refractivity contribution in [3.8, 4) is 11.5 Å². The number of hydrogen-bond donors (Lipinski definition) is 2. The third kappa shape index (κ3) is 7.56. The third-order valence-electron chi connectivity index (χ3n) is 5.20. The van der Waals surface area contributed by atoms with Crippen LogP contribution in [0, 0.1) is 5.82 Å². The average Bonchev–Trinajstić information content (AvgIpc) is 2.88. The third-order valence-corrected chi connectivity index (χ3v) is 5.20. The van der Waals surface area contributed by atoms with Gasteiger partial charge in [0, 0.05) is 11.8 Å². The molecule has 36 heavy (non-hydrogen) atoms. The van der Waals surface area contributed by atoms with Gasteiger partial charge in [-0.3, -0.25) is 9.59 Å². The Kier molecular flexibility index (Phi) is 8.99. The van der Waals surface area contributed by atoms with Crippen LogP contribution in [0.2, 0.25) is 0 Å².